The Bertz CT molecular complexity index is 1320. The first-order chi connectivity index (χ1) is 16.9. The number of hydrogen-bond acceptors (Lipinski definition) is 8. The normalized spacial score (nSPS) is 16.0. The Kier molecular flexibility index (Phi) is 7.46. The molecule has 1 aliphatic rings. The van der Waals surface area contributed by atoms with Crippen LogP contribution in [0.5, 0.6) is 0 Å². The number of aromatic nitrogens is 3. The lowest BCUT2D eigenvalue weighted by Gasteiger charge is -2.22. The van der Waals surface area contributed by atoms with E-state index in [0.29, 0.717) is 46.6 Å². The molecule has 4 heterocycles. The second kappa shape index (κ2) is 10.5. The summed E-state index contributed by atoms with van der Waals surface area (Å²) in [4.78, 5) is 49.3. The van der Waals surface area contributed by atoms with Crippen LogP contribution in [0.3, 0.4) is 0 Å². The van der Waals surface area contributed by atoms with E-state index < -0.39 is 11.3 Å². The predicted octanol–water partition coefficient (Wildman–Crippen LogP) is 1.62. The van der Waals surface area contributed by atoms with Gasteiger partial charge < -0.3 is 20.9 Å². The van der Waals surface area contributed by atoms with Crippen LogP contribution in [0.1, 0.15) is 42.7 Å². The SMILES string of the molecule is CCN1CCCC1CNC(=O)Cc1csc(-c2ccc3c(=O)c(C(=O)NC)c(N)n(CC)c3n2)n1. The number of fused-ring (bicyclic) bond motifs is 1. The van der Waals surface area contributed by atoms with E-state index in [0.717, 1.165) is 19.5 Å². The van der Waals surface area contributed by atoms with Crippen LogP contribution >= 0.6 is 11.3 Å². The number of rotatable bonds is 8. The van der Waals surface area contributed by atoms with E-state index in [9.17, 15) is 14.4 Å². The summed E-state index contributed by atoms with van der Waals surface area (Å²) in [7, 11) is 1.46. The molecule has 10 nitrogen and oxygen atoms in total. The molecule has 0 saturated carbocycles. The monoisotopic (exact) mass is 497 g/mol. The zero-order chi connectivity index (χ0) is 25.1. The number of likely N-dealkylation sites (tertiary alicyclic amines) is 1. The van der Waals surface area contributed by atoms with Crippen molar-refractivity contribution >= 4 is 40.0 Å². The van der Waals surface area contributed by atoms with Crippen molar-refractivity contribution in [3.63, 3.8) is 0 Å². The molecule has 35 heavy (non-hydrogen) atoms. The number of carbonyl (C=O) groups is 2. The molecule has 2 amide bonds. The fourth-order valence-electron chi connectivity index (χ4n) is 4.62. The molecular formula is C24H31N7O3S. The fourth-order valence-corrected chi connectivity index (χ4v) is 5.41. The standard InChI is InChI=1S/C24H31N7O3S/c1-4-30-10-6-7-15(30)12-27-18(32)11-14-13-35-24(28-14)17-9-8-16-20(33)19(23(34)26-3)21(25)31(5-2)22(16)29-17/h8-9,13,15H,4-7,10-12,25H2,1-3H3,(H,26,34)(H,27,32). The molecular weight excluding hydrogens is 466 g/mol. The van der Waals surface area contributed by atoms with Crippen molar-refractivity contribution in [1.82, 2.24) is 30.1 Å². The van der Waals surface area contributed by atoms with E-state index in [4.69, 9.17) is 5.73 Å². The van der Waals surface area contributed by atoms with Gasteiger partial charge in [-0.2, -0.15) is 0 Å². The molecule has 4 rings (SSSR count). The van der Waals surface area contributed by atoms with Gasteiger partial charge in [-0.1, -0.05) is 6.92 Å². The summed E-state index contributed by atoms with van der Waals surface area (Å²) in [6.45, 7) is 7.20. The maximum Gasteiger partial charge on any atom is 0.258 e. The van der Waals surface area contributed by atoms with Gasteiger partial charge in [-0.25, -0.2) is 9.97 Å². The summed E-state index contributed by atoms with van der Waals surface area (Å²) in [5, 5.41) is 8.32. The predicted molar refractivity (Wildman–Crippen MR) is 138 cm³/mol. The van der Waals surface area contributed by atoms with Crippen LogP contribution in [0, 0.1) is 0 Å². The molecule has 1 fully saturated rings. The number of anilines is 1. The minimum Gasteiger partial charge on any atom is -0.384 e. The van der Waals surface area contributed by atoms with Crippen molar-refractivity contribution < 1.29 is 9.59 Å². The van der Waals surface area contributed by atoms with Gasteiger partial charge in [0.15, 0.2) is 0 Å². The van der Waals surface area contributed by atoms with E-state index in [1.54, 1.807) is 16.7 Å². The molecule has 0 radical (unpaired) electrons. The number of thiazole rings is 1. The molecule has 0 bridgehead atoms. The highest BCUT2D eigenvalue weighted by Crippen LogP contribution is 2.25. The topological polar surface area (TPSA) is 135 Å². The Balaban J connectivity index is 1.54. The average molecular weight is 498 g/mol. The van der Waals surface area contributed by atoms with Gasteiger partial charge in [-0.05, 0) is 45.0 Å². The Morgan fingerprint density at radius 3 is 2.74 bits per heavy atom. The summed E-state index contributed by atoms with van der Waals surface area (Å²) >= 11 is 1.39. The van der Waals surface area contributed by atoms with Crippen molar-refractivity contribution in [3.8, 4) is 10.7 Å². The number of nitrogen functional groups attached to an aromatic ring is 1. The first kappa shape index (κ1) is 24.8. The first-order valence-electron chi connectivity index (χ1n) is 11.9. The third kappa shape index (κ3) is 4.92. The van der Waals surface area contributed by atoms with Gasteiger partial charge >= 0.3 is 0 Å². The molecule has 1 aliphatic heterocycles. The Hall–Kier alpha value is -3.31. The van der Waals surface area contributed by atoms with E-state index in [2.05, 4.69) is 32.4 Å². The molecule has 1 atom stereocenters. The van der Waals surface area contributed by atoms with Gasteiger partial charge in [-0.15, -0.1) is 11.3 Å². The molecule has 1 saturated heterocycles. The zero-order valence-electron chi connectivity index (χ0n) is 20.3. The van der Waals surface area contributed by atoms with Crippen LogP contribution in [0.15, 0.2) is 22.3 Å². The number of nitrogens with one attached hydrogen (secondary N) is 2. The fraction of sp³-hybridized carbons (Fsp3) is 0.458. The number of nitrogens with two attached hydrogens (primary N) is 1. The number of nitrogens with zero attached hydrogens (tertiary/aromatic N) is 4. The lowest BCUT2D eigenvalue weighted by Crippen LogP contribution is -2.40. The van der Waals surface area contributed by atoms with Gasteiger partial charge in [0.2, 0.25) is 11.3 Å². The molecule has 1 unspecified atom stereocenters. The van der Waals surface area contributed by atoms with Crippen LogP contribution in [0.25, 0.3) is 21.7 Å². The van der Waals surface area contributed by atoms with Gasteiger partial charge in [0.1, 0.15) is 27.7 Å². The Labute approximate surface area is 207 Å². The molecule has 11 heteroatoms. The third-order valence-corrected chi connectivity index (χ3v) is 7.39. The number of pyridine rings is 2. The second-order valence-electron chi connectivity index (χ2n) is 8.53. The summed E-state index contributed by atoms with van der Waals surface area (Å²) in [5.41, 5.74) is 7.28. The van der Waals surface area contributed by atoms with E-state index in [-0.39, 0.29) is 23.7 Å². The van der Waals surface area contributed by atoms with Gasteiger partial charge in [-0.3, -0.25) is 19.3 Å². The van der Waals surface area contributed by atoms with Crippen LogP contribution in [0.4, 0.5) is 5.82 Å². The molecule has 0 aliphatic carbocycles. The quantitative estimate of drug-likeness (QED) is 0.430. The Morgan fingerprint density at radius 2 is 2.03 bits per heavy atom. The molecule has 3 aromatic heterocycles. The third-order valence-electron chi connectivity index (χ3n) is 6.47. The second-order valence-corrected chi connectivity index (χ2v) is 9.39. The van der Waals surface area contributed by atoms with Gasteiger partial charge in [0.05, 0.1) is 17.5 Å². The summed E-state index contributed by atoms with van der Waals surface area (Å²) in [6.07, 6.45) is 2.48. The van der Waals surface area contributed by atoms with E-state index in [1.807, 2.05) is 12.3 Å². The minimum absolute atomic E-state index is 0.0504. The highest BCUT2D eigenvalue weighted by atomic mass is 32.1. The van der Waals surface area contributed by atoms with E-state index in [1.165, 1.54) is 24.8 Å². The number of likely N-dealkylation sites (N-methyl/N-ethyl adjacent to an activating group) is 1. The maximum absolute atomic E-state index is 12.9. The molecule has 0 spiro atoms. The smallest absolute Gasteiger partial charge is 0.258 e. The van der Waals surface area contributed by atoms with Gasteiger partial charge in [0.25, 0.3) is 5.91 Å². The largest absolute Gasteiger partial charge is 0.384 e. The summed E-state index contributed by atoms with van der Waals surface area (Å²) in [5.74, 6) is -0.501. The lowest BCUT2D eigenvalue weighted by molar-refractivity contribution is -0.120. The highest BCUT2D eigenvalue weighted by molar-refractivity contribution is 7.13. The minimum atomic E-state index is -0.529. The van der Waals surface area contributed by atoms with Crippen LogP contribution in [-0.2, 0) is 17.8 Å². The average Bonchev–Trinajstić information content (AvgIpc) is 3.52. The van der Waals surface area contributed by atoms with Crippen molar-refractivity contribution in [2.75, 3.05) is 32.4 Å². The number of hydrogen-bond donors (Lipinski definition) is 3. The number of carbonyl (C=O) groups excluding carboxylic acids is 2. The number of amides is 2. The molecule has 186 valence electrons. The van der Waals surface area contributed by atoms with Crippen molar-refractivity contribution in [2.24, 2.45) is 0 Å². The van der Waals surface area contributed by atoms with Crippen molar-refractivity contribution in [2.45, 2.75) is 45.7 Å². The summed E-state index contributed by atoms with van der Waals surface area (Å²) in [6, 6.07) is 3.76. The van der Waals surface area contributed by atoms with Gasteiger partial charge in [0, 0.05) is 31.6 Å². The van der Waals surface area contributed by atoms with E-state index >= 15 is 0 Å². The Morgan fingerprint density at radius 1 is 1.23 bits per heavy atom. The highest BCUT2D eigenvalue weighted by Gasteiger charge is 2.24. The zero-order valence-corrected chi connectivity index (χ0v) is 21.1. The molecule has 3 aromatic rings. The lowest BCUT2D eigenvalue weighted by atomic mass is 10.1. The maximum atomic E-state index is 12.9. The molecule has 0 aromatic carbocycles. The van der Waals surface area contributed by atoms with Crippen LogP contribution in [0.2, 0.25) is 0 Å². The van der Waals surface area contributed by atoms with Crippen LogP contribution < -0.4 is 21.8 Å². The van der Waals surface area contributed by atoms with Crippen molar-refractivity contribution in [3.05, 3.63) is 39.0 Å². The van der Waals surface area contributed by atoms with Crippen LogP contribution in [-0.4, -0.2) is 64.0 Å². The summed E-state index contributed by atoms with van der Waals surface area (Å²) < 4.78 is 1.65. The number of aryl methyl sites for hydroxylation is 1. The van der Waals surface area contributed by atoms with Crippen molar-refractivity contribution in [1.29, 1.82) is 0 Å². The first-order valence-corrected chi connectivity index (χ1v) is 12.8. The molecule has 4 N–H and O–H groups in total.